The molecule has 0 radical (unpaired) electrons. The van der Waals surface area contributed by atoms with Crippen LogP contribution in [0.1, 0.15) is 6.92 Å². The Morgan fingerprint density at radius 3 is 2.32 bits per heavy atom. The number of nitrogen functional groups attached to an aromatic ring is 1. The number of anilines is 1. The monoisotopic (exact) mass is 273 g/mol. The third-order valence-corrected chi connectivity index (χ3v) is 1.89. The van der Waals surface area contributed by atoms with E-state index in [0.29, 0.717) is 33.0 Å². The van der Waals surface area contributed by atoms with Gasteiger partial charge in [-0.15, -0.1) is 4.98 Å². The van der Waals surface area contributed by atoms with Gasteiger partial charge in [0.2, 0.25) is 5.95 Å². The van der Waals surface area contributed by atoms with E-state index in [1.807, 2.05) is 6.92 Å². The van der Waals surface area contributed by atoms with Crippen LogP contribution in [-0.4, -0.2) is 55.1 Å². The van der Waals surface area contributed by atoms with Crippen LogP contribution in [0.2, 0.25) is 0 Å². The molecule has 0 aromatic carbocycles. The molecule has 0 unspecified atom stereocenters. The molecule has 108 valence electrons. The molecule has 3 N–H and O–H groups in total. The summed E-state index contributed by atoms with van der Waals surface area (Å²) in [6.45, 7) is 4.03. The van der Waals surface area contributed by atoms with E-state index in [1.54, 1.807) is 7.11 Å². The zero-order chi connectivity index (χ0) is 13.9. The van der Waals surface area contributed by atoms with E-state index in [2.05, 4.69) is 20.4 Å². The van der Waals surface area contributed by atoms with Crippen molar-refractivity contribution in [3.8, 4) is 12.0 Å². The van der Waals surface area contributed by atoms with Crippen molar-refractivity contribution in [1.82, 2.24) is 15.0 Å². The lowest BCUT2D eigenvalue weighted by atomic mass is 10.7. The Bertz CT molecular complexity index is 366. The standard InChI is InChI=1S/C10H19N5O4/c1-3-18-9-12-8(15-11)13-10(14-9)19-7-6-17-5-4-16-2/h3-7,11H2,1-2H3,(H,12,13,14,15). The van der Waals surface area contributed by atoms with Crippen LogP contribution in [0, 0.1) is 0 Å². The van der Waals surface area contributed by atoms with Crippen molar-refractivity contribution < 1.29 is 18.9 Å². The number of nitrogens with zero attached hydrogens (tertiary/aromatic N) is 3. The summed E-state index contributed by atoms with van der Waals surface area (Å²) in [4.78, 5) is 11.8. The van der Waals surface area contributed by atoms with Crippen LogP contribution < -0.4 is 20.7 Å². The van der Waals surface area contributed by atoms with Gasteiger partial charge < -0.3 is 18.9 Å². The zero-order valence-electron chi connectivity index (χ0n) is 11.1. The predicted octanol–water partition coefficient (Wildman–Crippen LogP) is -0.402. The highest BCUT2D eigenvalue weighted by molar-refractivity contribution is 5.25. The molecule has 9 nitrogen and oxygen atoms in total. The normalized spacial score (nSPS) is 10.3. The van der Waals surface area contributed by atoms with Crippen molar-refractivity contribution in [1.29, 1.82) is 0 Å². The van der Waals surface area contributed by atoms with E-state index in [4.69, 9.17) is 24.8 Å². The van der Waals surface area contributed by atoms with Crippen LogP contribution >= 0.6 is 0 Å². The number of rotatable bonds is 10. The van der Waals surface area contributed by atoms with E-state index in [-0.39, 0.29) is 18.0 Å². The van der Waals surface area contributed by atoms with Crippen molar-refractivity contribution in [3.63, 3.8) is 0 Å². The Kier molecular flexibility index (Phi) is 7.47. The van der Waals surface area contributed by atoms with Crippen LogP contribution in [0.25, 0.3) is 0 Å². The van der Waals surface area contributed by atoms with Gasteiger partial charge in [-0.05, 0) is 6.92 Å². The van der Waals surface area contributed by atoms with Crippen LogP contribution in [-0.2, 0) is 9.47 Å². The molecular weight excluding hydrogens is 254 g/mol. The molecule has 0 aliphatic heterocycles. The fraction of sp³-hybridized carbons (Fsp3) is 0.700. The fourth-order valence-electron chi connectivity index (χ4n) is 1.10. The quantitative estimate of drug-likeness (QED) is 0.334. The van der Waals surface area contributed by atoms with Crippen LogP contribution in [0.5, 0.6) is 12.0 Å². The summed E-state index contributed by atoms with van der Waals surface area (Å²) in [6.07, 6.45) is 0. The molecule has 0 atom stereocenters. The minimum absolute atomic E-state index is 0.127. The third kappa shape index (κ3) is 6.13. The number of methoxy groups -OCH3 is 1. The lowest BCUT2D eigenvalue weighted by Crippen LogP contribution is -2.15. The summed E-state index contributed by atoms with van der Waals surface area (Å²) in [7, 11) is 1.61. The summed E-state index contributed by atoms with van der Waals surface area (Å²) in [5, 5.41) is 0. The number of hydrogen-bond acceptors (Lipinski definition) is 9. The van der Waals surface area contributed by atoms with E-state index < -0.39 is 0 Å². The van der Waals surface area contributed by atoms with E-state index in [0.717, 1.165) is 0 Å². The molecule has 0 saturated carbocycles. The topological polar surface area (TPSA) is 114 Å². The molecular formula is C10H19N5O4. The van der Waals surface area contributed by atoms with Gasteiger partial charge in [0.05, 0.1) is 26.4 Å². The third-order valence-electron chi connectivity index (χ3n) is 1.89. The summed E-state index contributed by atoms with van der Waals surface area (Å²) in [5.74, 6) is 5.42. The van der Waals surface area contributed by atoms with E-state index in [9.17, 15) is 0 Å². The van der Waals surface area contributed by atoms with Gasteiger partial charge in [-0.2, -0.15) is 9.97 Å². The maximum atomic E-state index is 5.31. The largest absolute Gasteiger partial charge is 0.464 e. The molecule has 1 rings (SSSR count). The summed E-state index contributed by atoms with van der Waals surface area (Å²) < 4.78 is 20.6. The lowest BCUT2D eigenvalue weighted by Gasteiger charge is -2.08. The molecule has 0 aliphatic rings. The van der Waals surface area contributed by atoms with Crippen molar-refractivity contribution >= 4 is 5.95 Å². The second kappa shape index (κ2) is 9.25. The first-order valence-corrected chi connectivity index (χ1v) is 5.85. The first-order valence-electron chi connectivity index (χ1n) is 5.85. The zero-order valence-corrected chi connectivity index (χ0v) is 11.1. The predicted molar refractivity (Wildman–Crippen MR) is 67.0 cm³/mol. The Hall–Kier alpha value is -1.71. The van der Waals surface area contributed by atoms with Crippen molar-refractivity contribution in [2.75, 3.05) is 45.6 Å². The molecule has 0 spiro atoms. The van der Waals surface area contributed by atoms with Gasteiger partial charge in [0.15, 0.2) is 0 Å². The molecule has 1 heterocycles. The second-order valence-electron chi connectivity index (χ2n) is 3.26. The number of nitrogens with one attached hydrogen (secondary N) is 1. The van der Waals surface area contributed by atoms with E-state index in [1.165, 1.54) is 0 Å². The molecule has 0 saturated heterocycles. The van der Waals surface area contributed by atoms with Crippen molar-refractivity contribution in [3.05, 3.63) is 0 Å². The van der Waals surface area contributed by atoms with Crippen molar-refractivity contribution in [2.24, 2.45) is 5.84 Å². The molecule has 0 bridgehead atoms. The van der Waals surface area contributed by atoms with Gasteiger partial charge >= 0.3 is 12.0 Å². The number of ether oxygens (including phenoxy) is 4. The van der Waals surface area contributed by atoms with Crippen LogP contribution in [0.4, 0.5) is 5.95 Å². The summed E-state index contributed by atoms with van der Waals surface area (Å²) >= 11 is 0. The fourth-order valence-corrected chi connectivity index (χ4v) is 1.10. The highest BCUT2D eigenvalue weighted by Crippen LogP contribution is 2.11. The van der Waals surface area contributed by atoms with Gasteiger partial charge in [0.1, 0.15) is 6.61 Å². The highest BCUT2D eigenvalue weighted by Gasteiger charge is 2.07. The molecule has 1 aromatic rings. The molecule has 9 heteroatoms. The molecule has 1 aromatic heterocycles. The van der Waals surface area contributed by atoms with Crippen molar-refractivity contribution in [2.45, 2.75) is 6.92 Å². The average Bonchev–Trinajstić information content (AvgIpc) is 2.43. The maximum Gasteiger partial charge on any atom is 0.324 e. The molecule has 19 heavy (non-hydrogen) atoms. The Labute approximate surface area is 111 Å². The van der Waals surface area contributed by atoms with Gasteiger partial charge in [0.25, 0.3) is 0 Å². The SMILES string of the molecule is CCOc1nc(NN)nc(OCCOCCOC)n1. The lowest BCUT2D eigenvalue weighted by molar-refractivity contribution is 0.0526. The number of hydrogen-bond donors (Lipinski definition) is 2. The average molecular weight is 273 g/mol. The minimum atomic E-state index is 0.127. The number of nitrogens with two attached hydrogens (primary N) is 1. The first kappa shape index (κ1) is 15.3. The molecule has 0 amide bonds. The smallest absolute Gasteiger partial charge is 0.324 e. The number of hydrazine groups is 1. The summed E-state index contributed by atoms with van der Waals surface area (Å²) in [5.41, 5.74) is 2.31. The Morgan fingerprint density at radius 2 is 1.68 bits per heavy atom. The van der Waals surface area contributed by atoms with Crippen LogP contribution in [0.3, 0.4) is 0 Å². The van der Waals surface area contributed by atoms with Crippen LogP contribution in [0.15, 0.2) is 0 Å². The number of aromatic nitrogens is 3. The highest BCUT2D eigenvalue weighted by atomic mass is 16.5. The summed E-state index contributed by atoms with van der Waals surface area (Å²) in [6, 6.07) is 0.280. The first-order chi connectivity index (χ1) is 9.30. The van der Waals surface area contributed by atoms with E-state index >= 15 is 0 Å². The Balaban J connectivity index is 2.41. The van der Waals surface area contributed by atoms with Gasteiger partial charge in [-0.25, -0.2) is 5.84 Å². The Morgan fingerprint density at radius 1 is 1.00 bits per heavy atom. The molecule has 0 fully saturated rings. The molecule has 0 aliphatic carbocycles. The van der Waals surface area contributed by atoms with Gasteiger partial charge in [-0.3, -0.25) is 5.43 Å². The van der Waals surface area contributed by atoms with Gasteiger partial charge in [0, 0.05) is 7.11 Å². The maximum absolute atomic E-state index is 5.31. The minimum Gasteiger partial charge on any atom is -0.464 e. The second-order valence-corrected chi connectivity index (χ2v) is 3.26. The van der Waals surface area contributed by atoms with Gasteiger partial charge in [-0.1, -0.05) is 0 Å².